The van der Waals surface area contributed by atoms with Crippen LogP contribution in [0.15, 0.2) is 0 Å². The molecule has 6 nitrogen and oxygen atoms in total. The molecule has 1 rings (SSSR count). The Hall–Kier alpha value is -0.820. The summed E-state index contributed by atoms with van der Waals surface area (Å²) in [6, 6.07) is -0.177. The number of carbonyl (C=O) groups is 1. The van der Waals surface area contributed by atoms with Crippen molar-refractivity contribution in [3.8, 4) is 0 Å². The van der Waals surface area contributed by atoms with E-state index in [1.807, 2.05) is 27.7 Å². The predicted molar refractivity (Wildman–Crippen MR) is 68.8 cm³/mol. The third kappa shape index (κ3) is 4.13. The maximum atomic E-state index is 11.9. The summed E-state index contributed by atoms with van der Waals surface area (Å²) >= 11 is 0. The average molecular weight is 278 g/mol. The van der Waals surface area contributed by atoms with Crippen LogP contribution in [-0.2, 0) is 14.8 Å². The van der Waals surface area contributed by atoms with Gasteiger partial charge in [-0.25, -0.2) is 13.2 Å². The van der Waals surface area contributed by atoms with E-state index in [0.717, 1.165) is 0 Å². The molecule has 18 heavy (non-hydrogen) atoms. The van der Waals surface area contributed by atoms with Crippen molar-refractivity contribution in [1.82, 2.24) is 9.21 Å². The molecule has 0 radical (unpaired) electrons. The molecule has 0 saturated carbocycles. The van der Waals surface area contributed by atoms with E-state index in [9.17, 15) is 13.2 Å². The number of carbonyl (C=O) groups excluding carboxylic acids is 1. The van der Waals surface area contributed by atoms with Gasteiger partial charge in [0.1, 0.15) is 5.60 Å². The largest absolute Gasteiger partial charge is 0.444 e. The fourth-order valence-corrected chi connectivity index (χ4v) is 2.72. The molecule has 0 N–H and O–H groups in total. The summed E-state index contributed by atoms with van der Waals surface area (Å²) in [5.41, 5.74) is -0.537. The van der Waals surface area contributed by atoms with Crippen molar-refractivity contribution in [3.63, 3.8) is 0 Å². The van der Waals surface area contributed by atoms with Gasteiger partial charge in [0.2, 0.25) is 10.0 Å². The minimum absolute atomic E-state index is 0.177. The van der Waals surface area contributed by atoms with Gasteiger partial charge in [-0.2, -0.15) is 4.31 Å². The van der Waals surface area contributed by atoms with Crippen molar-refractivity contribution < 1.29 is 17.9 Å². The van der Waals surface area contributed by atoms with Crippen LogP contribution in [0.4, 0.5) is 4.79 Å². The Morgan fingerprint density at radius 3 is 2.22 bits per heavy atom. The molecule has 0 aromatic heterocycles. The zero-order chi connectivity index (χ0) is 14.1. The molecule has 0 unspecified atom stereocenters. The molecule has 0 aromatic rings. The lowest BCUT2D eigenvalue weighted by Gasteiger charge is -2.39. The van der Waals surface area contributed by atoms with Crippen molar-refractivity contribution in [2.24, 2.45) is 0 Å². The molecule has 1 amide bonds. The standard InChI is InChI=1S/C11H22N2O4S/c1-9-8-12(18(5,15)16)6-7-13(9)10(14)17-11(2,3)4/h9H,6-8H2,1-5H3/t9-/m0/s1. The summed E-state index contributed by atoms with van der Waals surface area (Å²) in [7, 11) is -3.19. The normalized spacial score (nSPS) is 22.9. The number of nitrogens with zero attached hydrogens (tertiary/aromatic N) is 2. The van der Waals surface area contributed by atoms with Crippen molar-refractivity contribution in [2.75, 3.05) is 25.9 Å². The summed E-state index contributed by atoms with van der Waals surface area (Å²) in [6.07, 6.45) is 0.797. The molecular weight excluding hydrogens is 256 g/mol. The molecule has 7 heteroatoms. The number of piperazine rings is 1. The molecule has 1 fully saturated rings. The fourth-order valence-electron chi connectivity index (χ4n) is 1.82. The first-order chi connectivity index (χ1) is 8.00. The van der Waals surface area contributed by atoms with E-state index < -0.39 is 15.6 Å². The summed E-state index contributed by atoms with van der Waals surface area (Å²) in [5, 5.41) is 0. The molecule has 106 valence electrons. The molecular formula is C11H22N2O4S. The number of hydrogen-bond donors (Lipinski definition) is 0. The smallest absolute Gasteiger partial charge is 0.410 e. The van der Waals surface area contributed by atoms with Crippen LogP contribution >= 0.6 is 0 Å². The highest BCUT2D eigenvalue weighted by Gasteiger charge is 2.33. The first-order valence-electron chi connectivity index (χ1n) is 5.95. The van der Waals surface area contributed by atoms with Gasteiger partial charge in [0, 0.05) is 25.7 Å². The average Bonchev–Trinajstić information content (AvgIpc) is 2.12. The van der Waals surface area contributed by atoms with Gasteiger partial charge >= 0.3 is 6.09 Å². The second-order valence-electron chi connectivity index (χ2n) is 5.64. The van der Waals surface area contributed by atoms with Gasteiger partial charge in [0.05, 0.1) is 6.26 Å². The molecule has 1 heterocycles. The fraction of sp³-hybridized carbons (Fsp3) is 0.909. The van der Waals surface area contributed by atoms with Crippen LogP contribution in [0, 0.1) is 0 Å². The van der Waals surface area contributed by atoms with Gasteiger partial charge < -0.3 is 9.64 Å². The van der Waals surface area contributed by atoms with Gasteiger partial charge in [0.15, 0.2) is 0 Å². The molecule has 0 aliphatic carbocycles. The zero-order valence-electron chi connectivity index (χ0n) is 11.6. The third-order valence-corrected chi connectivity index (χ3v) is 3.96. The Labute approximate surface area is 109 Å². The minimum Gasteiger partial charge on any atom is -0.444 e. The Kier molecular flexibility index (Phi) is 4.27. The lowest BCUT2D eigenvalue weighted by atomic mass is 10.2. The topological polar surface area (TPSA) is 66.9 Å². The molecule has 1 saturated heterocycles. The quantitative estimate of drug-likeness (QED) is 0.714. The maximum absolute atomic E-state index is 11.9. The van der Waals surface area contributed by atoms with Crippen LogP contribution in [0.3, 0.4) is 0 Å². The second-order valence-corrected chi connectivity index (χ2v) is 7.63. The minimum atomic E-state index is -3.19. The van der Waals surface area contributed by atoms with Crippen LogP contribution in [-0.4, -0.2) is 61.2 Å². The highest BCUT2D eigenvalue weighted by Crippen LogP contribution is 2.16. The van der Waals surface area contributed by atoms with Gasteiger partial charge in [-0.3, -0.25) is 0 Å². The van der Waals surface area contributed by atoms with E-state index in [0.29, 0.717) is 19.6 Å². The molecule has 1 atom stereocenters. The SMILES string of the molecule is C[C@H]1CN(S(C)(=O)=O)CCN1C(=O)OC(C)(C)C. The van der Waals surface area contributed by atoms with Gasteiger partial charge in [-0.05, 0) is 27.7 Å². The lowest BCUT2D eigenvalue weighted by molar-refractivity contribution is 0.00863. The zero-order valence-corrected chi connectivity index (χ0v) is 12.5. The van der Waals surface area contributed by atoms with E-state index in [-0.39, 0.29) is 12.1 Å². The lowest BCUT2D eigenvalue weighted by Crippen LogP contribution is -2.56. The van der Waals surface area contributed by atoms with E-state index >= 15 is 0 Å². The molecule has 1 aliphatic rings. The Morgan fingerprint density at radius 2 is 1.83 bits per heavy atom. The van der Waals surface area contributed by atoms with Gasteiger partial charge in [-0.1, -0.05) is 0 Å². The van der Waals surface area contributed by atoms with E-state index in [1.54, 1.807) is 4.90 Å². The number of sulfonamides is 1. The highest BCUT2D eigenvalue weighted by atomic mass is 32.2. The molecule has 1 aliphatic heterocycles. The Morgan fingerprint density at radius 1 is 1.28 bits per heavy atom. The number of amides is 1. The number of hydrogen-bond acceptors (Lipinski definition) is 4. The van der Waals surface area contributed by atoms with Crippen molar-refractivity contribution in [3.05, 3.63) is 0 Å². The summed E-state index contributed by atoms with van der Waals surface area (Å²) in [4.78, 5) is 13.5. The first-order valence-corrected chi connectivity index (χ1v) is 7.80. The summed E-state index contributed by atoms with van der Waals surface area (Å²) in [6.45, 7) is 8.25. The summed E-state index contributed by atoms with van der Waals surface area (Å²) < 4.78 is 29.5. The summed E-state index contributed by atoms with van der Waals surface area (Å²) in [5.74, 6) is 0. The van der Waals surface area contributed by atoms with Crippen LogP contribution in [0.1, 0.15) is 27.7 Å². The highest BCUT2D eigenvalue weighted by molar-refractivity contribution is 7.88. The Balaban J connectivity index is 2.66. The van der Waals surface area contributed by atoms with Crippen molar-refractivity contribution in [2.45, 2.75) is 39.3 Å². The van der Waals surface area contributed by atoms with Crippen LogP contribution in [0.25, 0.3) is 0 Å². The van der Waals surface area contributed by atoms with Crippen LogP contribution < -0.4 is 0 Å². The number of ether oxygens (including phenoxy) is 1. The van der Waals surface area contributed by atoms with Gasteiger partial charge in [0.25, 0.3) is 0 Å². The van der Waals surface area contributed by atoms with E-state index in [1.165, 1.54) is 10.6 Å². The molecule has 0 bridgehead atoms. The van der Waals surface area contributed by atoms with Crippen molar-refractivity contribution in [1.29, 1.82) is 0 Å². The van der Waals surface area contributed by atoms with Crippen molar-refractivity contribution >= 4 is 16.1 Å². The number of rotatable bonds is 1. The second kappa shape index (κ2) is 5.05. The predicted octanol–water partition coefficient (Wildman–Crippen LogP) is 0.887. The van der Waals surface area contributed by atoms with Gasteiger partial charge in [-0.15, -0.1) is 0 Å². The van der Waals surface area contributed by atoms with Crippen LogP contribution in [0.2, 0.25) is 0 Å². The maximum Gasteiger partial charge on any atom is 0.410 e. The van der Waals surface area contributed by atoms with E-state index in [2.05, 4.69) is 0 Å². The third-order valence-electron chi connectivity index (χ3n) is 2.69. The first kappa shape index (κ1) is 15.2. The Bertz CT molecular complexity index is 413. The van der Waals surface area contributed by atoms with Crippen LogP contribution in [0.5, 0.6) is 0 Å². The molecule has 0 spiro atoms. The monoisotopic (exact) mass is 278 g/mol. The van der Waals surface area contributed by atoms with E-state index in [4.69, 9.17) is 4.74 Å². The molecule has 0 aromatic carbocycles.